The number of halogens is 1. The third kappa shape index (κ3) is 2.34. The molecule has 7 heteroatoms. The van der Waals surface area contributed by atoms with E-state index in [0.717, 1.165) is 25.9 Å². The molecule has 1 aliphatic rings. The average molecular weight is 355 g/mol. The molecule has 2 aromatic heterocycles. The number of aromatic nitrogens is 2. The van der Waals surface area contributed by atoms with Crippen molar-refractivity contribution in [2.24, 2.45) is 0 Å². The standard InChI is InChI=1S/C19H18FN3O3/c1-2-22-10-12(19(25)26)18(24)15-11-5-6-13(23-7-3-4-8-23)16(20)17(11)21-9-14(15)22/h5-6,9-10H,2-4,7-8H2,1H3,(H,25,26). The Kier molecular flexibility index (Phi) is 3.86. The molecule has 26 heavy (non-hydrogen) atoms. The molecule has 1 N–H and O–H groups in total. The molecule has 1 aliphatic heterocycles. The van der Waals surface area contributed by atoms with Crippen LogP contribution in [-0.4, -0.2) is 33.7 Å². The third-order valence-corrected chi connectivity index (χ3v) is 5.02. The largest absolute Gasteiger partial charge is 0.477 e. The van der Waals surface area contributed by atoms with E-state index in [1.807, 2.05) is 11.8 Å². The first-order valence-electron chi connectivity index (χ1n) is 8.65. The van der Waals surface area contributed by atoms with E-state index in [-0.39, 0.29) is 16.5 Å². The summed E-state index contributed by atoms with van der Waals surface area (Å²) in [5.41, 5.74) is 0.147. The van der Waals surface area contributed by atoms with Gasteiger partial charge in [-0.25, -0.2) is 9.18 Å². The van der Waals surface area contributed by atoms with Gasteiger partial charge in [-0.15, -0.1) is 0 Å². The summed E-state index contributed by atoms with van der Waals surface area (Å²) >= 11 is 0. The van der Waals surface area contributed by atoms with Crippen molar-refractivity contribution in [3.8, 4) is 0 Å². The van der Waals surface area contributed by atoms with Gasteiger partial charge in [-0.1, -0.05) is 0 Å². The maximum atomic E-state index is 15.1. The van der Waals surface area contributed by atoms with Crippen LogP contribution < -0.4 is 10.3 Å². The van der Waals surface area contributed by atoms with Crippen LogP contribution in [0.1, 0.15) is 30.1 Å². The van der Waals surface area contributed by atoms with Crippen molar-refractivity contribution in [1.29, 1.82) is 0 Å². The lowest BCUT2D eigenvalue weighted by atomic mass is 10.1. The summed E-state index contributed by atoms with van der Waals surface area (Å²) in [5, 5.41) is 9.89. The summed E-state index contributed by atoms with van der Waals surface area (Å²) in [4.78, 5) is 30.4. The molecule has 0 bridgehead atoms. The van der Waals surface area contributed by atoms with Gasteiger partial charge in [0, 0.05) is 31.2 Å². The Labute approximate surface area is 148 Å². The smallest absolute Gasteiger partial charge is 0.341 e. The molecule has 4 rings (SSSR count). The van der Waals surface area contributed by atoms with Gasteiger partial charge < -0.3 is 14.6 Å². The molecule has 1 aromatic carbocycles. The van der Waals surface area contributed by atoms with E-state index < -0.39 is 17.2 Å². The Morgan fingerprint density at radius 2 is 2.04 bits per heavy atom. The van der Waals surface area contributed by atoms with Gasteiger partial charge in [0.05, 0.1) is 22.8 Å². The van der Waals surface area contributed by atoms with Gasteiger partial charge in [-0.3, -0.25) is 9.78 Å². The maximum absolute atomic E-state index is 15.1. The Morgan fingerprint density at radius 1 is 1.31 bits per heavy atom. The monoisotopic (exact) mass is 355 g/mol. The highest BCUT2D eigenvalue weighted by atomic mass is 19.1. The number of carboxylic acid groups (broad SMARTS) is 1. The molecule has 0 radical (unpaired) electrons. The number of pyridine rings is 2. The number of carboxylic acids is 1. The molecule has 0 atom stereocenters. The minimum absolute atomic E-state index is 0.101. The molecule has 0 saturated carbocycles. The zero-order valence-corrected chi connectivity index (χ0v) is 14.3. The van der Waals surface area contributed by atoms with E-state index >= 15 is 4.39 Å². The molecule has 1 fully saturated rings. The first-order valence-corrected chi connectivity index (χ1v) is 8.65. The quantitative estimate of drug-likeness (QED) is 0.731. The highest BCUT2D eigenvalue weighted by molar-refractivity contribution is 6.07. The average Bonchev–Trinajstić information content (AvgIpc) is 3.16. The maximum Gasteiger partial charge on any atom is 0.341 e. The number of hydrogen-bond donors (Lipinski definition) is 1. The fourth-order valence-electron chi connectivity index (χ4n) is 3.70. The van der Waals surface area contributed by atoms with Crippen LogP contribution in [0, 0.1) is 5.82 Å². The number of aromatic carboxylic acids is 1. The molecule has 3 heterocycles. The number of nitrogens with zero attached hydrogens (tertiary/aromatic N) is 3. The van der Waals surface area contributed by atoms with Crippen LogP contribution >= 0.6 is 0 Å². The number of hydrogen-bond acceptors (Lipinski definition) is 4. The van der Waals surface area contributed by atoms with Crippen LogP contribution in [0.25, 0.3) is 21.8 Å². The van der Waals surface area contributed by atoms with Crippen molar-refractivity contribution < 1.29 is 14.3 Å². The van der Waals surface area contributed by atoms with Crippen molar-refractivity contribution in [2.45, 2.75) is 26.3 Å². The van der Waals surface area contributed by atoms with Crippen molar-refractivity contribution in [3.63, 3.8) is 0 Å². The lowest BCUT2D eigenvalue weighted by Gasteiger charge is -2.19. The molecule has 1 saturated heterocycles. The minimum Gasteiger partial charge on any atom is -0.477 e. The molecule has 134 valence electrons. The van der Waals surface area contributed by atoms with E-state index in [9.17, 15) is 14.7 Å². The van der Waals surface area contributed by atoms with Crippen LogP contribution in [0.2, 0.25) is 0 Å². The SMILES string of the molecule is CCn1cc(C(=O)O)c(=O)c2c3ccc(N4CCCC4)c(F)c3ncc21. The van der Waals surface area contributed by atoms with Gasteiger partial charge in [0.15, 0.2) is 5.82 Å². The summed E-state index contributed by atoms with van der Waals surface area (Å²) in [6, 6.07) is 3.34. The van der Waals surface area contributed by atoms with Gasteiger partial charge in [0.2, 0.25) is 5.43 Å². The van der Waals surface area contributed by atoms with E-state index in [2.05, 4.69) is 4.98 Å². The third-order valence-electron chi connectivity index (χ3n) is 5.02. The van der Waals surface area contributed by atoms with E-state index in [1.54, 1.807) is 16.7 Å². The normalized spacial score (nSPS) is 14.5. The number of fused-ring (bicyclic) bond motifs is 3. The number of anilines is 1. The van der Waals surface area contributed by atoms with Crippen LogP contribution in [0.4, 0.5) is 10.1 Å². The molecule has 6 nitrogen and oxygen atoms in total. The van der Waals surface area contributed by atoms with E-state index in [4.69, 9.17) is 0 Å². The van der Waals surface area contributed by atoms with Gasteiger partial charge >= 0.3 is 5.97 Å². The molecule has 3 aromatic rings. The second-order valence-electron chi connectivity index (χ2n) is 6.47. The summed E-state index contributed by atoms with van der Waals surface area (Å²) in [5.74, 6) is -1.76. The summed E-state index contributed by atoms with van der Waals surface area (Å²) in [7, 11) is 0. The van der Waals surface area contributed by atoms with Crippen molar-refractivity contribution in [2.75, 3.05) is 18.0 Å². The Morgan fingerprint density at radius 3 is 2.69 bits per heavy atom. The highest BCUT2D eigenvalue weighted by Gasteiger charge is 2.22. The van der Waals surface area contributed by atoms with Crippen LogP contribution in [-0.2, 0) is 6.54 Å². The van der Waals surface area contributed by atoms with E-state index in [1.165, 1.54) is 12.4 Å². The second kappa shape index (κ2) is 6.09. The fourth-order valence-corrected chi connectivity index (χ4v) is 3.70. The predicted molar refractivity (Wildman–Crippen MR) is 97.5 cm³/mol. The predicted octanol–water partition coefficient (Wildman–Crippen LogP) is 3.01. The van der Waals surface area contributed by atoms with Crippen molar-refractivity contribution in [3.05, 3.63) is 46.1 Å². The molecule has 0 spiro atoms. The van der Waals surface area contributed by atoms with Gasteiger partial charge in [0.25, 0.3) is 0 Å². The van der Waals surface area contributed by atoms with Crippen molar-refractivity contribution >= 4 is 33.5 Å². The van der Waals surface area contributed by atoms with Gasteiger partial charge in [-0.05, 0) is 31.9 Å². The first-order chi connectivity index (χ1) is 12.5. The Hall–Kier alpha value is -2.96. The van der Waals surface area contributed by atoms with E-state index in [0.29, 0.717) is 23.1 Å². The Bertz CT molecular complexity index is 1100. The zero-order valence-electron chi connectivity index (χ0n) is 14.3. The molecule has 0 amide bonds. The second-order valence-corrected chi connectivity index (χ2v) is 6.47. The highest BCUT2D eigenvalue weighted by Crippen LogP contribution is 2.31. The zero-order chi connectivity index (χ0) is 18.4. The van der Waals surface area contributed by atoms with Crippen LogP contribution in [0.15, 0.2) is 29.3 Å². The summed E-state index contributed by atoms with van der Waals surface area (Å²) in [6.45, 7) is 3.90. The minimum atomic E-state index is -1.29. The molecular weight excluding hydrogens is 337 g/mol. The summed E-state index contributed by atoms with van der Waals surface area (Å²) in [6.07, 6.45) is 4.80. The molecule has 0 unspecified atom stereocenters. The number of rotatable bonds is 3. The van der Waals surface area contributed by atoms with Gasteiger partial charge in [-0.2, -0.15) is 0 Å². The Balaban J connectivity index is 2.09. The lowest BCUT2D eigenvalue weighted by Crippen LogP contribution is -2.20. The molecule has 0 aliphatic carbocycles. The lowest BCUT2D eigenvalue weighted by molar-refractivity contribution is 0.0695. The van der Waals surface area contributed by atoms with Crippen molar-refractivity contribution in [1.82, 2.24) is 9.55 Å². The topological polar surface area (TPSA) is 75.4 Å². The number of aryl methyl sites for hydroxylation is 1. The number of benzene rings is 1. The van der Waals surface area contributed by atoms with Crippen LogP contribution in [0.3, 0.4) is 0 Å². The first kappa shape index (κ1) is 16.5. The molecular formula is C19H18FN3O3. The fraction of sp³-hybridized carbons (Fsp3) is 0.316. The van der Waals surface area contributed by atoms with Crippen LogP contribution in [0.5, 0.6) is 0 Å². The summed E-state index contributed by atoms with van der Waals surface area (Å²) < 4.78 is 16.7. The number of carbonyl (C=O) groups is 1. The van der Waals surface area contributed by atoms with Gasteiger partial charge in [0.1, 0.15) is 11.1 Å².